The van der Waals surface area contributed by atoms with Crippen LogP contribution in [0.15, 0.2) is 71.8 Å². The third-order valence-corrected chi connectivity index (χ3v) is 5.59. The van der Waals surface area contributed by atoms with Crippen LogP contribution in [0, 0.1) is 0 Å². The molecule has 1 aromatic heterocycles. The van der Waals surface area contributed by atoms with Crippen LogP contribution in [0.4, 0.5) is 5.69 Å². The molecular formula is C23H21N3O4S. The highest BCUT2D eigenvalue weighted by atomic mass is 32.2. The molecule has 2 N–H and O–H groups in total. The molecule has 7 nitrogen and oxygen atoms in total. The van der Waals surface area contributed by atoms with Crippen LogP contribution in [0.1, 0.15) is 18.6 Å². The topological polar surface area (TPSA) is 89.6 Å². The zero-order chi connectivity index (χ0) is 21.6. The van der Waals surface area contributed by atoms with Crippen molar-refractivity contribution >= 4 is 29.3 Å². The van der Waals surface area contributed by atoms with Crippen molar-refractivity contribution < 1.29 is 19.1 Å². The van der Waals surface area contributed by atoms with Gasteiger partial charge in [-0.05, 0) is 29.8 Å². The molecule has 1 unspecified atom stereocenters. The van der Waals surface area contributed by atoms with Crippen molar-refractivity contribution in [1.29, 1.82) is 0 Å². The molecule has 31 heavy (non-hydrogen) atoms. The molecule has 1 aliphatic rings. The van der Waals surface area contributed by atoms with Crippen molar-refractivity contribution in [2.75, 3.05) is 17.6 Å². The third kappa shape index (κ3) is 5.55. The maximum atomic E-state index is 11.7. The van der Waals surface area contributed by atoms with Gasteiger partial charge in [-0.2, -0.15) is 0 Å². The van der Waals surface area contributed by atoms with E-state index in [4.69, 9.17) is 9.47 Å². The molecule has 0 saturated heterocycles. The van der Waals surface area contributed by atoms with Crippen LogP contribution in [0.5, 0.6) is 17.4 Å². The quantitative estimate of drug-likeness (QED) is 0.604. The van der Waals surface area contributed by atoms with Crippen LogP contribution >= 0.6 is 11.8 Å². The SMILES string of the molecule is CC(=O)NCC(=O)Nc1ccc(Oc2ccc3c(c2)SCC(c2ccccc2)O3)nc1. The number of thioether (sulfide) groups is 1. The number of ether oxygens (including phenoxy) is 2. The van der Waals surface area contributed by atoms with Crippen molar-refractivity contribution in [2.45, 2.75) is 17.9 Å². The lowest BCUT2D eigenvalue weighted by Gasteiger charge is -2.26. The standard InChI is InChI=1S/C23H21N3O4S/c1-15(27)24-13-22(28)26-17-7-10-23(25-12-17)29-18-8-9-19-21(11-18)31-14-20(30-19)16-5-3-2-4-6-16/h2-12,20H,13-14H2,1H3,(H,24,27)(H,26,28). The Balaban J connectivity index is 1.36. The van der Waals surface area contributed by atoms with Gasteiger partial charge < -0.3 is 20.1 Å². The number of amides is 2. The van der Waals surface area contributed by atoms with E-state index in [0.29, 0.717) is 17.3 Å². The van der Waals surface area contributed by atoms with Crippen molar-refractivity contribution in [3.8, 4) is 17.4 Å². The molecule has 4 rings (SSSR count). The van der Waals surface area contributed by atoms with Crippen LogP contribution in [-0.4, -0.2) is 29.1 Å². The number of benzene rings is 2. The van der Waals surface area contributed by atoms with Crippen molar-refractivity contribution in [3.05, 3.63) is 72.4 Å². The summed E-state index contributed by atoms with van der Waals surface area (Å²) >= 11 is 1.73. The van der Waals surface area contributed by atoms with E-state index >= 15 is 0 Å². The molecule has 8 heteroatoms. The van der Waals surface area contributed by atoms with E-state index in [9.17, 15) is 9.59 Å². The van der Waals surface area contributed by atoms with E-state index in [2.05, 4.69) is 27.8 Å². The van der Waals surface area contributed by atoms with Crippen molar-refractivity contribution in [3.63, 3.8) is 0 Å². The van der Waals surface area contributed by atoms with Crippen LogP contribution in [-0.2, 0) is 9.59 Å². The molecule has 2 aromatic carbocycles. The molecule has 0 radical (unpaired) electrons. The number of fused-ring (bicyclic) bond motifs is 1. The van der Waals surface area contributed by atoms with E-state index in [0.717, 1.165) is 22.0 Å². The van der Waals surface area contributed by atoms with Crippen LogP contribution in [0.2, 0.25) is 0 Å². The molecule has 2 heterocycles. The third-order valence-electron chi connectivity index (χ3n) is 4.49. The highest BCUT2D eigenvalue weighted by Gasteiger charge is 2.22. The number of nitrogens with one attached hydrogen (secondary N) is 2. The predicted octanol–water partition coefficient (Wildman–Crippen LogP) is 4.17. The van der Waals surface area contributed by atoms with E-state index in [1.165, 1.54) is 13.1 Å². The molecule has 3 aromatic rings. The van der Waals surface area contributed by atoms with Crippen molar-refractivity contribution in [2.24, 2.45) is 0 Å². The Morgan fingerprint density at radius 2 is 2.00 bits per heavy atom. The minimum absolute atomic E-state index is 0.0283. The first-order valence-corrected chi connectivity index (χ1v) is 10.7. The number of pyridine rings is 1. The predicted molar refractivity (Wildman–Crippen MR) is 119 cm³/mol. The van der Waals surface area contributed by atoms with Crippen LogP contribution in [0.25, 0.3) is 0 Å². The second-order valence-electron chi connectivity index (χ2n) is 6.88. The zero-order valence-corrected chi connectivity index (χ0v) is 17.6. The van der Waals surface area contributed by atoms with Gasteiger partial charge in [-0.1, -0.05) is 30.3 Å². The van der Waals surface area contributed by atoms with Gasteiger partial charge in [0.2, 0.25) is 17.7 Å². The summed E-state index contributed by atoms with van der Waals surface area (Å²) in [4.78, 5) is 27.8. The van der Waals surface area contributed by atoms with Gasteiger partial charge >= 0.3 is 0 Å². The molecule has 0 saturated carbocycles. The number of aromatic nitrogens is 1. The van der Waals surface area contributed by atoms with Crippen molar-refractivity contribution in [1.82, 2.24) is 10.3 Å². The number of nitrogens with zero attached hydrogens (tertiary/aromatic N) is 1. The minimum atomic E-state index is -0.328. The minimum Gasteiger partial charge on any atom is -0.484 e. The highest BCUT2D eigenvalue weighted by molar-refractivity contribution is 7.99. The van der Waals surface area contributed by atoms with Crippen LogP contribution in [0.3, 0.4) is 0 Å². The lowest BCUT2D eigenvalue weighted by atomic mass is 10.1. The molecule has 2 amide bonds. The van der Waals surface area contributed by atoms with Gasteiger partial charge in [0.1, 0.15) is 17.6 Å². The van der Waals surface area contributed by atoms with Gasteiger partial charge in [0.05, 0.1) is 23.3 Å². The number of hydrogen-bond donors (Lipinski definition) is 2. The monoisotopic (exact) mass is 435 g/mol. The number of rotatable bonds is 6. The summed E-state index contributed by atoms with van der Waals surface area (Å²) in [6.45, 7) is 1.27. The molecule has 0 bridgehead atoms. The Hall–Kier alpha value is -3.52. The highest BCUT2D eigenvalue weighted by Crippen LogP contribution is 2.42. The van der Waals surface area contributed by atoms with Gasteiger partial charge in [-0.15, -0.1) is 11.8 Å². The number of anilines is 1. The number of carbonyl (C=O) groups excluding carboxylic acids is 2. The Morgan fingerprint density at radius 1 is 1.16 bits per heavy atom. The fraction of sp³-hybridized carbons (Fsp3) is 0.174. The molecule has 158 valence electrons. The van der Waals surface area contributed by atoms with E-state index < -0.39 is 0 Å². The molecule has 1 atom stereocenters. The lowest BCUT2D eigenvalue weighted by Crippen LogP contribution is -2.31. The number of carbonyl (C=O) groups is 2. The fourth-order valence-electron chi connectivity index (χ4n) is 2.99. The Bertz CT molecular complexity index is 1070. The lowest BCUT2D eigenvalue weighted by molar-refractivity contribution is -0.122. The molecule has 0 aliphatic carbocycles. The molecule has 1 aliphatic heterocycles. The largest absolute Gasteiger partial charge is 0.484 e. The van der Waals surface area contributed by atoms with Gasteiger partial charge in [0.25, 0.3) is 0 Å². The average molecular weight is 436 g/mol. The average Bonchev–Trinajstić information content (AvgIpc) is 2.79. The Kier molecular flexibility index (Phi) is 6.37. The smallest absolute Gasteiger partial charge is 0.243 e. The van der Waals surface area contributed by atoms with E-state index in [-0.39, 0.29) is 24.5 Å². The summed E-state index contributed by atoms with van der Waals surface area (Å²) in [5.41, 5.74) is 1.68. The van der Waals surface area contributed by atoms with Gasteiger partial charge in [0, 0.05) is 18.7 Å². The fourth-order valence-corrected chi connectivity index (χ4v) is 4.04. The van der Waals surface area contributed by atoms with E-state index in [1.807, 2.05) is 36.4 Å². The second kappa shape index (κ2) is 9.53. The van der Waals surface area contributed by atoms with Gasteiger partial charge in [0.15, 0.2) is 0 Å². The maximum absolute atomic E-state index is 11.7. The Morgan fingerprint density at radius 3 is 2.74 bits per heavy atom. The van der Waals surface area contributed by atoms with Gasteiger partial charge in [-0.25, -0.2) is 4.98 Å². The zero-order valence-electron chi connectivity index (χ0n) is 16.8. The normalized spacial score (nSPS) is 14.7. The second-order valence-corrected chi connectivity index (χ2v) is 7.94. The molecular weight excluding hydrogens is 414 g/mol. The summed E-state index contributed by atoms with van der Waals surface area (Å²) in [5.74, 6) is 2.13. The van der Waals surface area contributed by atoms with Crippen LogP contribution < -0.4 is 20.1 Å². The summed E-state index contributed by atoms with van der Waals surface area (Å²) < 4.78 is 12.0. The summed E-state index contributed by atoms with van der Waals surface area (Å²) in [6, 6.07) is 19.2. The maximum Gasteiger partial charge on any atom is 0.243 e. The first-order valence-electron chi connectivity index (χ1n) is 9.73. The summed E-state index contributed by atoms with van der Waals surface area (Å²) in [7, 11) is 0. The first-order chi connectivity index (χ1) is 15.1. The van der Waals surface area contributed by atoms with Gasteiger partial charge in [-0.3, -0.25) is 9.59 Å². The summed E-state index contributed by atoms with van der Waals surface area (Å²) in [6.07, 6.45) is 1.53. The Labute approximate surface area is 184 Å². The number of hydrogen-bond acceptors (Lipinski definition) is 6. The molecule has 0 spiro atoms. The first kappa shape index (κ1) is 20.7. The summed E-state index contributed by atoms with van der Waals surface area (Å²) in [5, 5.41) is 5.09. The molecule has 0 fully saturated rings. The van der Waals surface area contributed by atoms with E-state index in [1.54, 1.807) is 23.9 Å².